The molecular formula is C17H15NO4. The number of rotatable bonds is 3. The van der Waals surface area contributed by atoms with Crippen LogP contribution < -0.4 is 4.74 Å². The van der Waals surface area contributed by atoms with E-state index in [4.69, 9.17) is 4.74 Å². The number of phenols is 1. The molecule has 22 heavy (non-hydrogen) atoms. The van der Waals surface area contributed by atoms with E-state index in [2.05, 4.69) is 0 Å². The van der Waals surface area contributed by atoms with Crippen molar-refractivity contribution in [1.82, 2.24) is 4.57 Å². The third-order valence-corrected chi connectivity index (χ3v) is 3.73. The number of ether oxygens (including phenoxy) is 1. The summed E-state index contributed by atoms with van der Waals surface area (Å²) in [5.41, 5.74) is 2.37. The van der Waals surface area contributed by atoms with E-state index in [9.17, 15) is 15.0 Å². The largest absolute Gasteiger partial charge is 0.508 e. The average molecular weight is 297 g/mol. The lowest BCUT2D eigenvalue weighted by atomic mass is 10.1. The molecule has 1 aromatic heterocycles. The number of methoxy groups -OCH3 is 1. The number of nitrogens with zero attached hydrogens (tertiary/aromatic N) is 1. The van der Waals surface area contributed by atoms with Gasteiger partial charge < -0.3 is 19.5 Å². The molecule has 0 saturated carbocycles. The Labute approximate surface area is 127 Å². The highest BCUT2D eigenvalue weighted by atomic mass is 16.5. The second-order valence-electron chi connectivity index (χ2n) is 5.00. The normalized spacial score (nSPS) is 10.8. The zero-order valence-electron chi connectivity index (χ0n) is 12.2. The van der Waals surface area contributed by atoms with E-state index in [1.54, 1.807) is 26.2 Å². The number of aromatic hydroxyl groups is 1. The number of hydrogen-bond donors (Lipinski definition) is 2. The van der Waals surface area contributed by atoms with Crippen molar-refractivity contribution < 1.29 is 19.7 Å². The van der Waals surface area contributed by atoms with E-state index in [0.29, 0.717) is 11.1 Å². The molecule has 0 radical (unpaired) electrons. The summed E-state index contributed by atoms with van der Waals surface area (Å²) < 4.78 is 7.00. The quantitative estimate of drug-likeness (QED) is 0.777. The lowest BCUT2D eigenvalue weighted by Gasteiger charge is -2.09. The fraction of sp³-hybridized carbons (Fsp3) is 0.118. The zero-order valence-corrected chi connectivity index (χ0v) is 12.2. The van der Waals surface area contributed by atoms with Gasteiger partial charge >= 0.3 is 5.97 Å². The predicted octanol–water partition coefficient (Wildman–Crippen LogP) is 3.35. The van der Waals surface area contributed by atoms with Crippen molar-refractivity contribution >= 4 is 16.9 Å². The Bertz CT molecular complexity index is 862. The molecule has 0 saturated heterocycles. The van der Waals surface area contributed by atoms with E-state index in [1.807, 2.05) is 28.8 Å². The van der Waals surface area contributed by atoms with Crippen LogP contribution in [0, 0.1) is 6.92 Å². The molecule has 0 unspecified atom stereocenters. The minimum absolute atomic E-state index is 0.0434. The Morgan fingerprint density at radius 2 is 1.82 bits per heavy atom. The Morgan fingerprint density at radius 3 is 2.41 bits per heavy atom. The summed E-state index contributed by atoms with van der Waals surface area (Å²) >= 11 is 0. The maximum absolute atomic E-state index is 11.6. The Hall–Kier alpha value is -2.95. The van der Waals surface area contributed by atoms with Crippen LogP contribution in [-0.4, -0.2) is 27.9 Å². The first-order valence-electron chi connectivity index (χ1n) is 6.74. The van der Waals surface area contributed by atoms with Crippen molar-refractivity contribution in [2.45, 2.75) is 6.92 Å². The SMILES string of the molecule is COc1ccc(-n2c(C)c(C(=O)O)c3cc(O)ccc32)cc1. The van der Waals surface area contributed by atoms with Crippen molar-refractivity contribution in [3.8, 4) is 17.2 Å². The van der Waals surface area contributed by atoms with E-state index in [1.165, 1.54) is 6.07 Å². The minimum atomic E-state index is -1.01. The second kappa shape index (κ2) is 5.11. The number of carboxylic acids is 1. The van der Waals surface area contributed by atoms with Crippen LogP contribution in [0.25, 0.3) is 16.6 Å². The van der Waals surface area contributed by atoms with Gasteiger partial charge in [0, 0.05) is 16.8 Å². The topological polar surface area (TPSA) is 71.7 Å². The third-order valence-electron chi connectivity index (χ3n) is 3.73. The molecule has 0 aliphatic carbocycles. The van der Waals surface area contributed by atoms with Gasteiger partial charge in [0.05, 0.1) is 18.2 Å². The van der Waals surface area contributed by atoms with Gasteiger partial charge in [-0.2, -0.15) is 0 Å². The van der Waals surface area contributed by atoms with Gasteiger partial charge in [0.2, 0.25) is 0 Å². The Morgan fingerprint density at radius 1 is 1.14 bits per heavy atom. The van der Waals surface area contributed by atoms with E-state index >= 15 is 0 Å². The number of benzene rings is 2. The number of aromatic carboxylic acids is 1. The van der Waals surface area contributed by atoms with Crippen LogP contribution in [-0.2, 0) is 0 Å². The molecule has 0 atom stereocenters. The summed E-state index contributed by atoms with van der Waals surface area (Å²) in [5, 5.41) is 19.7. The van der Waals surface area contributed by atoms with Crippen LogP contribution in [0.4, 0.5) is 0 Å². The summed E-state index contributed by atoms with van der Waals surface area (Å²) in [5.74, 6) is -0.240. The number of aromatic nitrogens is 1. The summed E-state index contributed by atoms with van der Waals surface area (Å²) in [4.78, 5) is 11.6. The highest BCUT2D eigenvalue weighted by Crippen LogP contribution is 2.32. The molecule has 5 heteroatoms. The number of carbonyl (C=O) groups is 1. The van der Waals surface area contributed by atoms with Crippen molar-refractivity contribution in [2.24, 2.45) is 0 Å². The summed E-state index contributed by atoms with van der Waals surface area (Å²) in [7, 11) is 1.59. The fourth-order valence-electron chi connectivity index (χ4n) is 2.74. The van der Waals surface area contributed by atoms with E-state index in [0.717, 1.165) is 17.0 Å². The molecule has 0 aliphatic heterocycles. The molecule has 1 heterocycles. The van der Waals surface area contributed by atoms with Crippen molar-refractivity contribution in [3.63, 3.8) is 0 Å². The first-order chi connectivity index (χ1) is 10.5. The molecule has 112 valence electrons. The van der Waals surface area contributed by atoms with Gasteiger partial charge in [-0.3, -0.25) is 0 Å². The molecule has 0 bridgehead atoms. The number of hydrogen-bond acceptors (Lipinski definition) is 3. The maximum Gasteiger partial charge on any atom is 0.338 e. The van der Waals surface area contributed by atoms with Gasteiger partial charge in [0.25, 0.3) is 0 Å². The zero-order chi connectivity index (χ0) is 15.9. The molecule has 0 aliphatic rings. The number of fused-ring (bicyclic) bond motifs is 1. The van der Waals surface area contributed by atoms with Crippen LogP contribution >= 0.6 is 0 Å². The second-order valence-corrected chi connectivity index (χ2v) is 5.00. The van der Waals surface area contributed by atoms with Gasteiger partial charge in [-0.15, -0.1) is 0 Å². The van der Waals surface area contributed by atoms with Crippen molar-refractivity contribution in [1.29, 1.82) is 0 Å². The summed E-state index contributed by atoms with van der Waals surface area (Å²) in [6.45, 7) is 1.75. The van der Waals surface area contributed by atoms with Gasteiger partial charge in [-0.1, -0.05) is 0 Å². The van der Waals surface area contributed by atoms with Gasteiger partial charge in [0.15, 0.2) is 0 Å². The molecule has 2 N–H and O–H groups in total. The Balaban J connectivity index is 2.33. The number of carboxylic acid groups (broad SMARTS) is 1. The van der Waals surface area contributed by atoms with Crippen LogP contribution in [0.15, 0.2) is 42.5 Å². The summed E-state index contributed by atoms with van der Waals surface area (Å²) in [6.07, 6.45) is 0. The van der Waals surface area contributed by atoms with Gasteiger partial charge in [0.1, 0.15) is 11.5 Å². The van der Waals surface area contributed by atoms with Crippen molar-refractivity contribution in [2.75, 3.05) is 7.11 Å². The van der Waals surface area contributed by atoms with Crippen molar-refractivity contribution in [3.05, 3.63) is 53.7 Å². The fourth-order valence-corrected chi connectivity index (χ4v) is 2.74. The highest BCUT2D eigenvalue weighted by Gasteiger charge is 2.20. The van der Waals surface area contributed by atoms with E-state index < -0.39 is 5.97 Å². The third kappa shape index (κ3) is 2.07. The van der Waals surface area contributed by atoms with Crippen LogP contribution in [0.3, 0.4) is 0 Å². The van der Waals surface area contributed by atoms with E-state index in [-0.39, 0.29) is 11.3 Å². The molecular weight excluding hydrogens is 282 g/mol. The first-order valence-corrected chi connectivity index (χ1v) is 6.74. The molecule has 2 aromatic carbocycles. The maximum atomic E-state index is 11.6. The van der Waals surface area contributed by atoms with Gasteiger partial charge in [-0.25, -0.2) is 4.79 Å². The van der Waals surface area contributed by atoms with Crippen LogP contribution in [0.5, 0.6) is 11.5 Å². The minimum Gasteiger partial charge on any atom is -0.508 e. The molecule has 0 fully saturated rings. The van der Waals surface area contributed by atoms with Gasteiger partial charge in [-0.05, 0) is 49.4 Å². The Kier molecular flexibility index (Phi) is 3.25. The number of phenolic OH excluding ortho intramolecular Hbond substituents is 1. The lowest BCUT2D eigenvalue weighted by Crippen LogP contribution is -2.01. The summed E-state index contributed by atoms with van der Waals surface area (Å²) in [6, 6.07) is 12.1. The molecule has 0 amide bonds. The monoisotopic (exact) mass is 297 g/mol. The molecule has 3 aromatic rings. The standard InChI is InChI=1S/C17H15NO4/c1-10-16(17(20)21)14-9-12(19)5-8-15(14)18(10)11-3-6-13(22-2)7-4-11/h3-9,19H,1-2H3,(H,20,21). The molecule has 0 spiro atoms. The molecule has 3 rings (SSSR count). The smallest absolute Gasteiger partial charge is 0.338 e. The van der Waals surface area contributed by atoms with Crippen LogP contribution in [0.1, 0.15) is 16.1 Å². The molecule has 5 nitrogen and oxygen atoms in total. The first kappa shape index (κ1) is 14.0. The highest BCUT2D eigenvalue weighted by molar-refractivity contribution is 6.06. The lowest BCUT2D eigenvalue weighted by molar-refractivity contribution is 0.0698. The average Bonchev–Trinajstić information content (AvgIpc) is 2.78. The predicted molar refractivity (Wildman–Crippen MR) is 83.2 cm³/mol. The van der Waals surface area contributed by atoms with Crippen LogP contribution in [0.2, 0.25) is 0 Å².